The van der Waals surface area contributed by atoms with Crippen molar-refractivity contribution in [3.8, 4) is 0 Å². The van der Waals surface area contributed by atoms with E-state index in [0.717, 1.165) is 27.5 Å². The number of aromatic nitrogens is 3. The first kappa shape index (κ1) is 13.7. The summed E-state index contributed by atoms with van der Waals surface area (Å²) in [6, 6.07) is 14.7. The number of fused-ring (bicyclic) bond motifs is 4. The van der Waals surface area contributed by atoms with Gasteiger partial charge in [-0.25, -0.2) is 14.8 Å². The Labute approximate surface area is 132 Å². The summed E-state index contributed by atoms with van der Waals surface area (Å²) in [5, 5.41) is 10.5. The van der Waals surface area contributed by atoms with E-state index in [0.29, 0.717) is 12.1 Å². The summed E-state index contributed by atoms with van der Waals surface area (Å²) < 4.78 is 1.80. The average molecular weight is 305 g/mol. The Morgan fingerprint density at radius 2 is 1.74 bits per heavy atom. The molecule has 2 heterocycles. The Balaban J connectivity index is 2.21. The van der Waals surface area contributed by atoms with Crippen LogP contribution in [0.25, 0.3) is 33.1 Å². The highest BCUT2D eigenvalue weighted by molar-refractivity contribution is 6.07. The number of carbonyl (C=O) groups is 1. The van der Waals surface area contributed by atoms with Crippen molar-refractivity contribution in [3.05, 3.63) is 48.5 Å². The van der Waals surface area contributed by atoms with E-state index in [1.54, 1.807) is 4.57 Å². The van der Waals surface area contributed by atoms with Crippen LogP contribution in [0.1, 0.15) is 19.4 Å². The highest BCUT2D eigenvalue weighted by atomic mass is 16.4. The van der Waals surface area contributed by atoms with E-state index in [1.165, 1.54) is 0 Å². The highest BCUT2D eigenvalue weighted by Gasteiger charge is 2.24. The van der Waals surface area contributed by atoms with Gasteiger partial charge in [-0.1, -0.05) is 37.3 Å². The standard InChI is InChI=1S/C18H15N3O2/c1-2-14(18(22)23)21-15-10-6-3-7-11(15)16-17(21)20-13-9-5-4-8-12(13)19-16/h3-10,14H,2H2,1H3,(H,22,23). The second kappa shape index (κ2) is 5.05. The summed E-state index contributed by atoms with van der Waals surface area (Å²) in [6.07, 6.45) is 0.484. The van der Waals surface area contributed by atoms with Crippen LogP contribution in [0.15, 0.2) is 48.5 Å². The molecule has 0 saturated carbocycles. The highest BCUT2D eigenvalue weighted by Crippen LogP contribution is 2.32. The lowest BCUT2D eigenvalue weighted by Gasteiger charge is -2.14. The summed E-state index contributed by atoms with van der Waals surface area (Å²) in [7, 11) is 0. The second-order valence-corrected chi connectivity index (χ2v) is 5.53. The van der Waals surface area contributed by atoms with Crippen molar-refractivity contribution in [1.82, 2.24) is 14.5 Å². The number of rotatable bonds is 3. The van der Waals surface area contributed by atoms with Crippen LogP contribution in [0.5, 0.6) is 0 Å². The van der Waals surface area contributed by atoms with Crippen LogP contribution < -0.4 is 0 Å². The zero-order valence-corrected chi connectivity index (χ0v) is 12.6. The number of nitrogens with zero attached hydrogens (tertiary/aromatic N) is 3. The summed E-state index contributed by atoms with van der Waals surface area (Å²) >= 11 is 0. The van der Waals surface area contributed by atoms with Crippen molar-refractivity contribution >= 4 is 39.1 Å². The minimum atomic E-state index is -0.856. The lowest BCUT2D eigenvalue weighted by molar-refractivity contribution is -0.140. The van der Waals surface area contributed by atoms with Crippen molar-refractivity contribution in [2.45, 2.75) is 19.4 Å². The van der Waals surface area contributed by atoms with Gasteiger partial charge in [0.25, 0.3) is 0 Å². The Kier molecular flexibility index (Phi) is 3.01. The molecule has 0 spiro atoms. The first-order valence-electron chi connectivity index (χ1n) is 7.59. The van der Waals surface area contributed by atoms with Gasteiger partial charge in [-0.3, -0.25) is 0 Å². The van der Waals surface area contributed by atoms with Crippen LogP contribution in [0, 0.1) is 0 Å². The molecule has 114 valence electrons. The van der Waals surface area contributed by atoms with Crippen molar-refractivity contribution in [2.75, 3.05) is 0 Å². The van der Waals surface area contributed by atoms with Crippen molar-refractivity contribution in [1.29, 1.82) is 0 Å². The largest absolute Gasteiger partial charge is 0.480 e. The number of aliphatic carboxylic acids is 1. The summed E-state index contributed by atoms with van der Waals surface area (Å²) in [6.45, 7) is 1.87. The van der Waals surface area contributed by atoms with Gasteiger partial charge in [-0.15, -0.1) is 0 Å². The average Bonchev–Trinajstić information content (AvgIpc) is 2.87. The molecule has 23 heavy (non-hydrogen) atoms. The maximum Gasteiger partial charge on any atom is 0.326 e. The lowest BCUT2D eigenvalue weighted by atomic mass is 10.2. The molecular weight excluding hydrogens is 290 g/mol. The fourth-order valence-electron chi connectivity index (χ4n) is 3.12. The molecule has 1 N–H and O–H groups in total. The maximum absolute atomic E-state index is 11.7. The van der Waals surface area contributed by atoms with Gasteiger partial charge in [0.15, 0.2) is 5.65 Å². The van der Waals surface area contributed by atoms with Crippen LogP contribution >= 0.6 is 0 Å². The number of carboxylic acids is 1. The van der Waals surface area contributed by atoms with Gasteiger partial charge < -0.3 is 9.67 Å². The number of hydrogen-bond acceptors (Lipinski definition) is 3. The predicted octanol–water partition coefficient (Wildman–Crippen LogP) is 3.77. The minimum absolute atomic E-state index is 0.484. The molecule has 0 radical (unpaired) electrons. The topological polar surface area (TPSA) is 68.0 Å². The first-order chi connectivity index (χ1) is 11.2. The number of carboxylic acid groups (broad SMARTS) is 1. The van der Waals surface area contributed by atoms with Gasteiger partial charge in [-0.2, -0.15) is 0 Å². The summed E-state index contributed by atoms with van der Waals surface area (Å²) in [5.41, 5.74) is 3.81. The van der Waals surface area contributed by atoms with Gasteiger partial charge >= 0.3 is 5.97 Å². The summed E-state index contributed by atoms with van der Waals surface area (Å²) in [4.78, 5) is 21.1. The molecule has 0 aliphatic carbocycles. The smallest absolute Gasteiger partial charge is 0.326 e. The number of para-hydroxylation sites is 3. The minimum Gasteiger partial charge on any atom is -0.480 e. The predicted molar refractivity (Wildman–Crippen MR) is 89.5 cm³/mol. The second-order valence-electron chi connectivity index (χ2n) is 5.53. The summed E-state index contributed by atoms with van der Waals surface area (Å²) in [5.74, 6) is -0.856. The van der Waals surface area contributed by atoms with E-state index in [-0.39, 0.29) is 0 Å². The van der Waals surface area contributed by atoms with E-state index in [4.69, 9.17) is 9.97 Å². The Bertz CT molecular complexity index is 1050. The van der Waals surface area contributed by atoms with E-state index < -0.39 is 12.0 Å². The Morgan fingerprint density at radius 1 is 1.09 bits per heavy atom. The third kappa shape index (κ3) is 1.97. The van der Waals surface area contributed by atoms with E-state index in [2.05, 4.69) is 0 Å². The van der Waals surface area contributed by atoms with Crippen LogP contribution in [-0.4, -0.2) is 25.6 Å². The van der Waals surface area contributed by atoms with Crippen LogP contribution in [0.4, 0.5) is 0 Å². The molecule has 0 aliphatic rings. The third-order valence-electron chi connectivity index (χ3n) is 4.18. The molecule has 4 aromatic rings. The van der Waals surface area contributed by atoms with Gasteiger partial charge in [0, 0.05) is 5.39 Å². The quantitative estimate of drug-likeness (QED) is 0.625. The molecule has 1 unspecified atom stereocenters. The zero-order chi connectivity index (χ0) is 16.0. The van der Waals surface area contributed by atoms with E-state index >= 15 is 0 Å². The molecule has 0 amide bonds. The molecule has 0 bridgehead atoms. The Hall–Kier alpha value is -2.95. The molecule has 0 saturated heterocycles. The van der Waals surface area contributed by atoms with Gasteiger partial charge in [0.2, 0.25) is 0 Å². The van der Waals surface area contributed by atoms with Crippen LogP contribution in [-0.2, 0) is 4.79 Å². The SMILES string of the molecule is CCC(C(=O)O)n1c2ccccc2c2nc3ccccc3nc21. The molecule has 1 atom stereocenters. The number of hydrogen-bond donors (Lipinski definition) is 1. The van der Waals surface area contributed by atoms with Gasteiger partial charge in [-0.05, 0) is 24.6 Å². The lowest BCUT2D eigenvalue weighted by Crippen LogP contribution is -2.18. The third-order valence-corrected chi connectivity index (χ3v) is 4.18. The van der Waals surface area contributed by atoms with Gasteiger partial charge in [0.05, 0.1) is 16.6 Å². The molecule has 5 nitrogen and oxygen atoms in total. The molecule has 4 rings (SSSR count). The fraction of sp³-hybridized carbons (Fsp3) is 0.167. The molecule has 0 fully saturated rings. The normalized spacial score (nSPS) is 12.9. The van der Waals surface area contributed by atoms with E-state index in [9.17, 15) is 9.90 Å². The molecule has 0 aliphatic heterocycles. The van der Waals surface area contributed by atoms with Crippen molar-refractivity contribution < 1.29 is 9.90 Å². The molecule has 2 aromatic carbocycles. The molecular formula is C18H15N3O2. The molecule has 5 heteroatoms. The van der Waals surface area contributed by atoms with Gasteiger partial charge in [0.1, 0.15) is 11.6 Å². The van der Waals surface area contributed by atoms with Crippen molar-refractivity contribution in [3.63, 3.8) is 0 Å². The van der Waals surface area contributed by atoms with Crippen molar-refractivity contribution in [2.24, 2.45) is 0 Å². The fourth-order valence-corrected chi connectivity index (χ4v) is 3.12. The Morgan fingerprint density at radius 3 is 2.43 bits per heavy atom. The zero-order valence-electron chi connectivity index (χ0n) is 12.6. The monoisotopic (exact) mass is 305 g/mol. The maximum atomic E-state index is 11.7. The van der Waals surface area contributed by atoms with Crippen LogP contribution in [0.3, 0.4) is 0 Å². The first-order valence-corrected chi connectivity index (χ1v) is 7.59. The number of benzene rings is 2. The van der Waals surface area contributed by atoms with E-state index in [1.807, 2.05) is 55.5 Å². The molecule has 2 aromatic heterocycles. The van der Waals surface area contributed by atoms with Crippen LogP contribution in [0.2, 0.25) is 0 Å².